The van der Waals surface area contributed by atoms with Crippen LogP contribution in [0.1, 0.15) is 23.4 Å². The highest BCUT2D eigenvalue weighted by Gasteiger charge is 2.53. The predicted molar refractivity (Wildman–Crippen MR) is 164 cm³/mol. The van der Waals surface area contributed by atoms with Crippen LogP contribution in [0.4, 0.5) is 5.13 Å². The Morgan fingerprint density at radius 3 is 2.78 bits per heavy atom. The van der Waals surface area contributed by atoms with Crippen LogP contribution >= 0.6 is 23.1 Å². The topological polar surface area (TPSA) is 205 Å². The Morgan fingerprint density at radius 1 is 1.24 bits per heavy atom. The molecular weight excluding hydrogens is 635 g/mol. The molecule has 6 rings (SSSR count). The second-order valence-corrected chi connectivity index (χ2v) is 12.7. The number of benzene rings is 1. The number of likely N-dealkylation sites (tertiary alicyclic amines) is 1. The molecule has 236 valence electrons. The van der Waals surface area contributed by atoms with Gasteiger partial charge in [-0.05, 0) is 30.2 Å². The van der Waals surface area contributed by atoms with Gasteiger partial charge >= 0.3 is 0 Å². The van der Waals surface area contributed by atoms with E-state index < -0.39 is 34.9 Å². The van der Waals surface area contributed by atoms with Gasteiger partial charge in [0.15, 0.2) is 23.6 Å². The Bertz CT molecular complexity index is 1850. The van der Waals surface area contributed by atoms with Gasteiger partial charge in [-0.2, -0.15) is 4.57 Å². The fourth-order valence-corrected chi connectivity index (χ4v) is 7.43. The fourth-order valence-electron chi connectivity index (χ4n) is 5.58. The summed E-state index contributed by atoms with van der Waals surface area (Å²) in [6.45, 7) is 1.23. The zero-order valence-corrected chi connectivity index (χ0v) is 25.7. The van der Waals surface area contributed by atoms with Crippen LogP contribution < -0.4 is 20.7 Å². The Morgan fingerprint density at radius 2 is 2.07 bits per heavy atom. The summed E-state index contributed by atoms with van der Waals surface area (Å²) < 4.78 is 1.99. The number of aromatic hydroxyl groups is 1. The lowest BCUT2D eigenvalue weighted by Gasteiger charge is -2.50. The number of carbonyl (C=O) groups is 4. The average Bonchev–Trinajstić information content (AvgIpc) is 3.61. The molecule has 46 heavy (non-hydrogen) atoms. The van der Waals surface area contributed by atoms with E-state index in [-0.39, 0.29) is 39.5 Å². The Hall–Kier alpha value is -5.22. The number of carboxylic acids is 1. The van der Waals surface area contributed by atoms with E-state index in [0.29, 0.717) is 31.6 Å². The number of allylic oxidation sites excluding steroid dienone is 1. The van der Waals surface area contributed by atoms with Gasteiger partial charge in [-0.3, -0.25) is 19.3 Å². The molecule has 1 aromatic carbocycles. The van der Waals surface area contributed by atoms with E-state index in [1.165, 1.54) is 23.2 Å². The van der Waals surface area contributed by atoms with Gasteiger partial charge in [-0.15, -0.1) is 23.1 Å². The van der Waals surface area contributed by atoms with Crippen LogP contribution in [-0.2, 0) is 32.3 Å². The van der Waals surface area contributed by atoms with E-state index in [2.05, 4.69) is 15.5 Å². The van der Waals surface area contributed by atoms with Gasteiger partial charge in [0.05, 0.1) is 11.7 Å². The first kappa shape index (κ1) is 30.8. The number of nitrogens with one attached hydrogen (secondary N) is 1. The van der Waals surface area contributed by atoms with Crippen LogP contribution in [-0.4, -0.2) is 78.2 Å². The van der Waals surface area contributed by atoms with Gasteiger partial charge in [0.25, 0.3) is 11.8 Å². The van der Waals surface area contributed by atoms with Crippen molar-refractivity contribution in [3.05, 3.63) is 93.9 Å². The van der Waals surface area contributed by atoms with Gasteiger partial charge in [0, 0.05) is 40.9 Å². The van der Waals surface area contributed by atoms with Crippen molar-refractivity contribution in [3.63, 3.8) is 0 Å². The van der Waals surface area contributed by atoms with E-state index in [1.54, 1.807) is 23.1 Å². The van der Waals surface area contributed by atoms with E-state index >= 15 is 0 Å². The Balaban J connectivity index is 1.16. The molecule has 5 heterocycles. The van der Waals surface area contributed by atoms with Crippen molar-refractivity contribution < 1.29 is 39.2 Å². The Labute approximate surface area is 270 Å². The SMILES string of the molecule is Nc1nc(/C(=N/O)C(=O)N[C@@H]2C(=O)N3C(C(=O)[O-])=C(C=C4CCN(Cc5cccc[n+]5Cc5cccc(O)c5)C4=O)CS[C@H]23)cs1. The van der Waals surface area contributed by atoms with Crippen molar-refractivity contribution in [1.82, 2.24) is 20.1 Å². The molecule has 14 nitrogen and oxygen atoms in total. The third-order valence-corrected chi connectivity index (χ3v) is 9.75. The van der Waals surface area contributed by atoms with Crippen molar-refractivity contribution in [2.24, 2.45) is 5.16 Å². The number of thiazole rings is 1. The van der Waals surface area contributed by atoms with Gasteiger partial charge in [-0.25, -0.2) is 4.98 Å². The number of β-lactam (4-membered cyclic amide) rings is 1. The number of fused-ring (bicyclic) bond motifs is 1. The number of nitrogens with zero attached hydrogens (tertiary/aromatic N) is 5. The number of rotatable bonds is 9. The van der Waals surface area contributed by atoms with E-state index in [9.17, 15) is 34.6 Å². The molecule has 5 N–H and O–H groups in total. The van der Waals surface area contributed by atoms with Crippen molar-refractivity contribution in [1.29, 1.82) is 0 Å². The number of carboxylic acid groups (broad SMARTS) is 1. The highest BCUT2D eigenvalue weighted by atomic mass is 32.2. The number of thioether (sulfide) groups is 1. The molecule has 16 heteroatoms. The molecule has 0 saturated carbocycles. The maximum absolute atomic E-state index is 13.4. The molecule has 0 aliphatic carbocycles. The summed E-state index contributed by atoms with van der Waals surface area (Å²) in [6, 6.07) is 11.5. The molecule has 0 spiro atoms. The second-order valence-electron chi connectivity index (χ2n) is 10.7. The van der Waals surface area contributed by atoms with Crippen LogP contribution in [0.15, 0.2) is 82.1 Å². The molecule has 3 aromatic rings. The molecule has 0 unspecified atom stereocenters. The quantitative estimate of drug-likeness (QED) is 0.0589. The number of anilines is 1. The average molecular weight is 662 g/mol. The summed E-state index contributed by atoms with van der Waals surface area (Å²) in [4.78, 5) is 58.2. The monoisotopic (exact) mass is 661 g/mol. The summed E-state index contributed by atoms with van der Waals surface area (Å²) in [5.41, 5.74) is 7.27. The number of aromatic nitrogens is 2. The number of nitrogens with two attached hydrogens (primary N) is 1. The van der Waals surface area contributed by atoms with Gasteiger partial charge in [0.2, 0.25) is 11.6 Å². The second kappa shape index (κ2) is 12.6. The van der Waals surface area contributed by atoms with Crippen LogP contribution in [0.3, 0.4) is 0 Å². The summed E-state index contributed by atoms with van der Waals surface area (Å²) in [6.07, 6.45) is 3.80. The lowest BCUT2D eigenvalue weighted by Crippen LogP contribution is -2.71. The lowest BCUT2D eigenvalue weighted by atomic mass is 10.0. The number of hydrogen-bond donors (Lipinski definition) is 4. The van der Waals surface area contributed by atoms with Gasteiger partial charge in [0.1, 0.15) is 29.4 Å². The summed E-state index contributed by atoms with van der Waals surface area (Å²) in [7, 11) is 0. The molecule has 2 atom stereocenters. The molecule has 2 fully saturated rings. The number of phenolic OH excluding ortho intramolecular Hbond substituents is 1. The van der Waals surface area contributed by atoms with E-state index in [0.717, 1.165) is 27.5 Å². The number of carbonyl (C=O) groups excluding carboxylic acids is 4. The zero-order chi connectivity index (χ0) is 32.5. The number of amides is 3. The zero-order valence-electron chi connectivity index (χ0n) is 24.0. The highest BCUT2D eigenvalue weighted by Crippen LogP contribution is 2.41. The minimum Gasteiger partial charge on any atom is -0.543 e. The molecule has 2 saturated heterocycles. The number of aliphatic carboxylic acids is 1. The predicted octanol–water partition coefficient (Wildman–Crippen LogP) is -0.292. The molecule has 3 amide bonds. The maximum Gasteiger partial charge on any atom is 0.276 e. The van der Waals surface area contributed by atoms with Crippen molar-refractivity contribution in [2.75, 3.05) is 18.0 Å². The maximum atomic E-state index is 13.4. The summed E-state index contributed by atoms with van der Waals surface area (Å²) in [5, 5.41) is 37.8. The van der Waals surface area contributed by atoms with Crippen LogP contribution in [0.2, 0.25) is 0 Å². The number of hydrogen-bond acceptors (Lipinski definition) is 12. The van der Waals surface area contributed by atoms with Gasteiger partial charge < -0.3 is 36.2 Å². The number of phenols is 1. The summed E-state index contributed by atoms with van der Waals surface area (Å²) >= 11 is 2.26. The van der Waals surface area contributed by atoms with Crippen LogP contribution in [0.25, 0.3) is 0 Å². The first-order valence-corrected chi connectivity index (χ1v) is 16.0. The third-order valence-electron chi connectivity index (χ3n) is 7.77. The van der Waals surface area contributed by atoms with Gasteiger partial charge in [-0.1, -0.05) is 23.4 Å². The minimum atomic E-state index is -1.58. The lowest BCUT2D eigenvalue weighted by molar-refractivity contribution is -0.696. The summed E-state index contributed by atoms with van der Waals surface area (Å²) in [5.74, 6) is -3.07. The van der Waals surface area contributed by atoms with Crippen molar-refractivity contribution in [2.45, 2.75) is 30.9 Å². The molecule has 2 aromatic heterocycles. The number of oxime groups is 1. The van der Waals surface area contributed by atoms with Crippen molar-refractivity contribution in [3.8, 4) is 5.75 Å². The smallest absolute Gasteiger partial charge is 0.276 e. The normalized spacial score (nSPS) is 20.6. The van der Waals surface area contributed by atoms with E-state index in [4.69, 9.17) is 5.73 Å². The highest BCUT2D eigenvalue weighted by molar-refractivity contribution is 8.00. The van der Waals surface area contributed by atoms with Crippen LogP contribution in [0, 0.1) is 0 Å². The first-order chi connectivity index (χ1) is 22.1. The van der Waals surface area contributed by atoms with Crippen LogP contribution in [0.5, 0.6) is 5.75 Å². The molecule has 3 aliphatic rings. The number of nitrogen functional groups attached to an aromatic ring is 1. The molecule has 0 radical (unpaired) electrons. The molecule has 0 bridgehead atoms. The van der Waals surface area contributed by atoms with Crippen molar-refractivity contribution >= 4 is 57.6 Å². The fraction of sp³-hybridized carbons (Fsp3) is 0.233. The van der Waals surface area contributed by atoms with E-state index in [1.807, 2.05) is 35.0 Å². The minimum absolute atomic E-state index is 0.0282. The first-order valence-electron chi connectivity index (χ1n) is 14.0. The Kier molecular flexibility index (Phi) is 8.46. The standard InChI is InChI=1S/C30H27N7O7S2/c31-30-32-21(15-46-30)22(34-44)25(39)33-23-27(41)37-24(29(42)43)18(14-45-28(23)37)11-17-7-9-36(26(17)40)13-19-5-1-2-8-35(19)12-16-4-3-6-20(38)10-16/h1-6,8,10-11,15,23,28H,7,9,12-14H2,(H5-,31,32,33,38,39,42,43,44)/t23-,28-/m1/s1. The molecule has 3 aliphatic heterocycles. The third kappa shape index (κ3) is 5.91. The molecular formula is C30H27N7O7S2. The number of pyridine rings is 1. The largest absolute Gasteiger partial charge is 0.543 e.